The first-order valence-electron chi connectivity index (χ1n) is 10.3. The fraction of sp³-hybridized carbons (Fsp3) is 0.304. The molecule has 31 heavy (non-hydrogen) atoms. The SMILES string of the molecule is O=C(Cc1csc(-c2ccccn2)n1)NCCc1ccc(OCC(=O)NC2CC2)cc1. The molecule has 2 amide bonds. The Hall–Kier alpha value is -3.26. The first kappa shape index (κ1) is 21.0. The molecule has 0 radical (unpaired) electrons. The van der Waals surface area contributed by atoms with Crippen LogP contribution in [0.25, 0.3) is 10.7 Å². The van der Waals surface area contributed by atoms with Crippen molar-refractivity contribution in [1.82, 2.24) is 20.6 Å². The third-order valence-corrected chi connectivity index (χ3v) is 5.66. The average molecular weight is 437 g/mol. The summed E-state index contributed by atoms with van der Waals surface area (Å²) in [6.45, 7) is 0.574. The number of amides is 2. The normalized spacial score (nSPS) is 12.9. The monoisotopic (exact) mass is 436 g/mol. The van der Waals surface area contributed by atoms with Gasteiger partial charge >= 0.3 is 0 Å². The van der Waals surface area contributed by atoms with Crippen molar-refractivity contribution in [2.24, 2.45) is 0 Å². The van der Waals surface area contributed by atoms with E-state index in [2.05, 4.69) is 20.6 Å². The number of carbonyl (C=O) groups is 2. The molecule has 2 N–H and O–H groups in total. The molecule has 8 heteroatoms. The number of hydrogen-bond donors (Lipinski definition) is 2. The topological polar surface area (TPSA) is 93.2 Å². The Kier molecular flexibility index (Phi) is 6.89. The van der Waals surface area contributed by atoms with Crippen molar-refractivity contribution in [2.45, 2.75) is 31.7 Å². The molecule has 2 aromatic heterocycles. The van der Waals surface area contributed by atoms with Gasteiger partial charge in [0.25, 0.3) is 5.91 Å². The number of thiazole rings is 1. The molecular formula is C23H24N4O3S. The number of hydrogen-bond acceptors (Lipinski definition) is 6. The molecule has 4 rings (SSSR count). The molecule has 1 fully saturated rings. The fourth-order valence-corrected chi connectivity index (χ4v) is 3.76. The lowest BCUT2D eigenvalue weighted by atomic mass is 10.1. The Morgan fingerprint density at radius 3 is 2.68 bits per heavy atom. The van der Waals surface area contributed by atoms with Crippen LogP contribution in [0, 0.1) is 0 Å². The number of aromatic nitrogens is 2. The van der Waals surface area contributed by atoms with Crippen LogP contribution in [0.2, 0.25) is 0 Å². The van der Waals surface area contributed by atoms with Gasteiger partial charge in [-0.1, -0.05) is 18.2 Å². The first-order chi connectivity index (χ1) is 15.2. The zero-order valence-corrected chi connectivity index (χ0v) is 17.9. The van der Waals surface area contributed by atoms with Crippen LogP contribution in [0.4, 0.5) is 0 Å². The van der Waals surface area contributed by atoms with E-state index >= 15 is 0 Å². The quantitative estimate of drug-likeness (QED) is 0.510. The number of pyridine rings is 1. The van der Waals surface area contributed by atoms with Crippen LogP contribution in [0.15, 0.2) is 54.0 Å². The second kappa shape index (κ2) is 10.2. The molecule has 1 aromatic carbocycles. The highest BCUT2D eigenvalue weighted by Crippen LogP contribution is 2.21. The van der Waals surface area contributed by atoms with E-state index in [1.807, 2.05) is 47.8 Å². The molecule has 3 aromatic rings. The van der Waals surface area contributed by atoms with Gasteiger partial charge in [0.15, 0.2) is 6.61 Å². The van der Waals surface area contributed by atoms with Crippen LogP contribution in [-0.2, 0) is 22.4 Å². The Morgan fingerprint density at radius 2 is 1.94 bits per heavy atom. The van der Waals surface area contributed by atoms with Gasteiger partial charge in [-0.2, -0.15) is 0 Å². The minimum atomic E-state index is -0.0819. The van der Waals surface area contributed by atoms with Gasteiger partial charge in [-0.25, -0.2) is 4.98 Å². The third kappa shape index (κ3) is 6.62. The molecule has 0 atom stereocenters. The number of carbonyl (C=O) groups excluding carboxylic acids is 2. The lowest BCUT2D eigenvalue weighted by molar-refractivity contribution is -0.123. The highest BCUT2D eigenvalue weighted by Gasteiger charge is 2.23. The molecule has 2 heterocycles. The van der Waals surface area contributed by atoms with E-state index in [0.29, 0.717) is 24.8 Å². The summed E-state index contributed by atoms with van der Waals surface area (Å²) in [6.07, 6.45) is 4.82. The predicted molar refractivity (Wildman–Crippen MR) is 119 cm³/mol. The highest BCUT2D eigenvalue weighted by molar-refractivity contribution is 7.13. The third-order valence-electron chi connectivity index (χ3n) is 4.75. The van der Waals surface area contributed by atoms with E-state index in [9.17, 15) is 9.59 Å². The van der Waals surface area contributed by atoms with Crippen LogP contribution in [0.3, 0.4) is 0 Å². The molecule has 1 aliphatic carbocycles. The zero-order valence-electron chi connectivity index (χ0n) is 17.0. The van der Waals surface area contributed by atoms with E-state index in [4.69, 9.17) is 4.74 Å². The number of nitrogens with one attached hydrogen (secondary N) is 2. The molecule has 7 nitrogen and oxygen atoms in total. The second-order valence-corrected chi connectivity index (χ2v) is 8.27. The molecule has 1 aliphatic rings. The standard InChI is InChI=1S/C23H24N4O3S/c28-21(13-18-15-31-23(27-18)20-3-1-2-11-24-20)25-12-10-16-4-8-19(9-5-16)30-14-22(29)26-17-6-7-17/h1-5,8-9,11,15,17H,6-7,10,12-14H2,(H,25,28)(H,26,29). The van der Waals surface area contributed by atoms with Crippen LogP contribution >= 0.6 is 11.3 Å². The van der Waals surface area contributed by atoms with E-state index in [1.165, 1.54) is 11.3 Å². The van der Waals surface area contributed by atoms with E-state index in [1.54, 1.807) is 6.20 Å². The average Bonchev–Trinajstić information content (AvgIpc) is 3.48. The summed E-state index contributed by atoms with van der Waals surface area (Å²) in [5.41, 5.74) is 2.65. The predicted octanol–water partition coefficient (Wildman–Crippen LogP) is 2.76. The number of benzene rings is 1. The van der Waals surface area contributed by atoms with Crippen molar-refractivity contribution in [3.05, 3.63) is 65.3 Å². The van der Waals surface area contributed by atoms with E-state index < -0.39 is 0 Å². The summed E-state index contributed by atoms with van der Waals surface area (Å²) < 4.78 is 5.50. The van der Waals surface area contributed by atoms with Crippen molar-refractivity contribution in [3.8, 4) is 16.5 Å². The van der Waals surface area contributed by atoms with Gasteiger partial charge in [0, 0.05) is 24.2 Å². The lowest BCUT2D eigenvalue weighted by Crippen LogP contribution is -2.30. The summed E-state index contributed by atoms with van der Waals surface area (Å²) in [5.74, 6) is 0.520. The van der Waals surface area contributed by atoms with Gasteiger partial charge in [-0.3, -0.25) is 14.6 Å². The van der Waals surface area contributed by atoms with E-state index in [0.717, 1.165) is 34.8 Å². The number of rotatable bonds is 10. The van der Waals surface area contributed by atoms with Crippen molar-refractivity contribution in [3.63, 3.8) is 0 Å². The summed E-state index contributed by atoms with van der Waals surface area (Å²) >= 11 is 1.49. The largest absolute Gasteiger partial charge is 0.484 e. The van der Waals surface area contributed by atoms with Gasteiger partial charge in [0.2, 0.25) is 5.91 Å². The first-order valence-corrected chi connectivity index (χ1v) is 11.2. The van der Waals surface area contributed by atoms with Crippen molar-refractivity contribution < 1.29 is 14.3 Å². The minimum absolute atomic E-state index is 0.0323. The molecule has 0 saturated heterocycles. The Labute approximate surface area is 184 Å². The molecule has 0 spiro atoms. The maximum atomic E-state index is 12.2. The van der Waals surface area contributed by atoms with Gasteiger partial charge < -0.3 is 15.4 Å². The molecule has 0 unspecified atom stereocenters. The molecule has 0 bridgehead atoms. The van der Waals surface area contributed by atoms with Crippen molar-refractivity contribution in [2.75, 3.05) is 13.2 Å². The summed E-state index contributed by atoms with van der Waals surface area (Å²) in [4.78, 5) is 32.7. The second-order valence-electron chi connectivity index (χ2n) is 7.41. The summed E-state index contributed by atoms with van der Waals surface area (Å²) in [6, 6.07) is 13.6. The van der Waals surface area contributed by atoms with Crippen molar-refractivity contribution in [1.29, 1.82) is 0 Å². The smallest absolute Gasteiger partial charge is 0.258 e. The fourth-order valence-electron chi connectivity index (χ4n) is 2.97. The summed E-state index contributed by atoms with van der Waals surface area (Å²) in [5, 5.41) is 8.53. The van der Waals surface area contributed by atoms with Crippen LogP contribution < -0.4 is 15.4 Å². The number of ether oxygens (including phenoxy) is 1. The Balaban J connectivity index is 1.16. The molecular weight excluding hydrogens is 412 g/mol. The van der Waals surface area contributed by atoms with Gasteiger partial charge in [-0.05, 0) is 49.1 Å². The summed E-state index contributed by atoms with van der Waals surface area (Å²) in [7, 11) is 0. The number of nitrogens with zero attached hydrogens (tertiary/aromatic N) is 2. The Bertz CT molecular complexity index is 1020. The van der Waals surface area contributed by atoms with Gasteiger partial charge in [0.1, 0.15) is 10.8 Å². The van der Waals surface area contributed by atoms with Crippen LogP contribution in [0.5, 0.6) is 5.75 Å². The lowest BCUT2D eigenvalue weighted by Gasteiger charge is -2.08. The maximum absolute atomic E-state index is 12.2. The van der Waals surface area contributed by atoms with Gasteiger partial charge in [-0.15, -0.1) is 11.3 Å². The molecule has 0 aliphatic heterocycles. The van der Waals surface area contributed by atoms with Crippen LogP contribution in [0.1, 0.15) is 24.1 Å². The zero-order chi connectivity index (χ0) is 21.5. The van der Waals surface area contributed by atoms with Crippen molar-refractivity contribution >= 4 is 23.2 Å². The highest BCUT2D eigenvalue weighted by atomic mass is 32.1. The van der Waals surface area contributed by atoms with E-state index in [-0.39, 0.29) is 24.8 Å². The maximum Gasteiger partial charge on any atom is 0.258 e. The minimum Gasteiger partial charge on any atom is -0.484 e. The molecule has 160 valence electrons. The molecule has 1 saturated carbocycles. The Morgan fingerprint density at radius 1 is 1.10 bits per heavy atom. The van der Waals surface area contributed by atoms with Crippen LogP contribution in [-0.4, -0.2) is 41.0 Å². The van der Waals surface area contributed by atoms with Gasteiger partial charge in [0.05, 0.1) is 17.8 Å².